The number of amides is 1. The number of anilines is 1. The first kappa shape index (κ1) is 23.8. The van der Waals surface area contributed by atoms with E-state index in [4.69, 9.17) is 27.9 Å². The third kappa shape index (κ3) is 5.58. The lowest BCUT2D eigenvalue weighted by atomic mass is 10.1. The van der Waals surface area contributed by atoms with Crippen LogP contribution >= 0.6 is 23.2 Å². The molecule has 0 spiro atoms. The van der Waals surface area contributed by atoms with Gasteiger partial charge in [-0.15, -0.1) is 5.10 Å². The van der Waals surface area contributed by atoms with E-state index in [2.05, 4.69) is 29.2 Å². The van der Waals surface area contributed by atoms with Gasteiger partial charge in [-0.2, -0.15) is 4.98 Å². The van der Waals surface area contributed by atoms with Gasteiger partial charge >= 0.3 is 6.01 Å². The number of halogens is 2. The summed E-state index contributed by atoms with van der Waals surface area (Å²) in [4.78, 5) is 17.3. The molecule has 4 aromatic rings. The Labute approximate surface area is 208 Å². The Morgan fingerprint density at radius 1 is 1.03 bits per heavy atom. The Kier molecular flexibility index (Phi) is 7.20. The number of nitrogens with zero attached hydrogens (tertiary/aromatic N) is 3. The Morgan fingerprint density at radius 2 is 1.71 bits per heavy atom. The highest BCUT2D eigenvalue weighted by molar-refractivity contribution is 6.35. The SMILES string of the molecule is Cc1ccccc1-c1nc(OCC(C)C)nn1-c1ccc(NC(=O)c2cc(Cl)cc(Cl)c2)cc1. The number of ether oxygens (including phenoxy) is 1. The normalized spacial score (nSPS) is 11.0. The van der Waals surface area contributed by atoms with E-state index in [1.54, 1.807) is 35.0 Å². The number of rotatable bonds is 7. The Balaban J connectivity index is 1.62. The van der Waals surface area contributed by atoms with Crippen molar-refractivity contribution in [3.63, 3.8) is 0 Å². The molecule has 0 atom stereocenters. The predicted octanol–water partition coefficient (Wildman–Crippen LogP) is 6.84. The summed E-state index contributed by atoms with van der Waals surface area (Å²) < 4.78 is 7.54. The Hall–Kier alpha value is -3.35. The highest BCUT2D eigenvalue weighted by Gasteiger charge is 2.17. The van der Waals surface area contributed by atoms with Gasteiger partial charge in [-0.3, -0.25) is 4.79 Å². The van der Waals surface area contributed by atoms with Crippen molar-refractivity contribution >= 4 is 34.8 Å². The lowest BCUT2D eigenvalue weighted by Gasteiger charge is -2.10. The number of hydrogen-bond donors (Lipinski definition) is 1. The van der Waals surface area contributed by atoms with Gasteiger partial charge in [0, 0.05) is 26.9 Å². The van der Waals surface area contributed by atoms with Gasteiger partial charge in [0.1, 0.15) is 0 Å². The molecule has 1 N–H and O–H groups in total. The van der Waals surface area contributed by atoms with E-state index in [1.807, 2.05) is 43.3 Å². The van der Waals surface area contributed by atoms with Gasteiger partial charge in [0.25, 0.3) is 5.91 Å². The molecule has 6 nitrogen and oxygen atoms in total. The molecule has 0 bridgehead atoms. The topological polar surface area (TPSA) is 69.0 Å². The van der Waals surface area contributed by atoms with Crippen molar-refractivity contribution in [2.24, 2.45) is 5.92 Å². The summed E-state index contributed by atoms with van der Waals surface area (Å²) in [5.74, 6) is 0.733. The highest BCUT2D eigenvalue weighted by atomic mass is 35.5. The third-order valence-corrected chi connectivity index (χ3v) is 5.45. The van der Waals surface area contributed by atoms with Gasteiger partial charge < -0.3 is 10.1 Å². The fourth-order valence-corrected chi connectivity index (χ4v) is 3.87. The predicted molar refractivity (Wildman–Crippen MR) is 136 cm³/mol. The lowest BCUT2D eigenvalue weighted by molar-refractivity contribution is 0.102. The fourth-order valence-electron chi connectivity index (χ4n) is 3.35. The summed E-state index contributed by atoms with van der Waals surface area (Å²) in [7, 11) is 0. The summed E-state index contributed by atoms with van der Waals surface area (Å²) in [6, 6.07) is 20.4. The van der Waals surface area contributed by atoms with Crippen LogP contribution in [0.25, 0.3) is 17.1 Å². The molecule has 0 saturated carbocycles. The summed E-state index contributed by atoms with van der Waals surface area (Å²) in [6.07, 6.45) is 0. The minimum atomic E-state index is -0.303. The number of carbonyl (C=O) groups is 1. The summed E-state index contributed by atoms with van der Waals surface area (Å²) >= 11 is 12.0. The molecule has 4 rings (SSSR count). The molecule has 0 saturated heterocycles. The summed E-state index contributed by atoms with van der Waals surface area (Å²) in [5.41, 5.74) is 3.83. The van der Waals surface area contributed by atoms with Crippen molar-refractivity contribution < 1.29 is 9.53 Å². The van der Waals surface area contributed by atoms with Gasteiger partial charge in [0.2, 0.25) is 0 Å². The first-order chi connectivity index (χ1) is 16.3. The standard InChI is InChI=1S/C26H24Cl2N4O2/c1-16(2)15-34-26-30-24(23-7-5-4-6-17(23)3)32(31-26)22-10-8-21(9-11-22)29-25(33)18-12-19(27)14-20(28)13-18/h4-14,16H,15H2,1-3H3,(H,29,33). The zero-order chi connectivity index (χ0) is 24.2. The number of benzene rings is 3. The molecular formula is C26H24Cl2N4O2. The van der Waals surface area contributed by atoms with Crippen LogP contribution in [0.3, 0.4) is 0 Å². The van der Waals surface area contributed by atoms with Crippen LogP contribution in [0.1, 0.15) is 29.8 Å². The van der Waals surface area contributed by atoms with Crippen molar-refractivity contribution in [3.8, 4) is 23.1 Å². The monoisotopic (exact) mass is 494 g/mol. The molecule has 174 valence electrons. The number of carbonyl (C=O) groups excluding carboxylic acids is 1. The molecule has 34 heavy (non-hydrogen) atoms. The molecular weight excluding hydrogens is 471 g/mol. The van der Waals surface area contributed by atoms with Crippen LogP contribution < -0.4 is 10.1 Å². The summed E-state index contributed by atoms with van der Waals surface area (Å²) in [6.45, 7) is 6.70. The van der Waals surface area contributed by atoms with Crippen LogP contribution in [0, 0.1) is 12.8 Å². The van der Waals surface area contributed by atoms with Gasteiger partial charge in [0.05, 0.1) is 12.3 Å². The maximum Gasteiger partial charge on any atom is 0.336 e. The average Bonchev–Trinajstić information content (AvgIpc) is 3.22. The van der Waals surface area contributed by atoms with E-state index >= 15 is 0 Å². The van der Waals surface area contributed by atoms with Crippen LogP contribution in [0.2, 0.25) is 10.0 Å². The molecule has 0 aliphatic carbocycles. The molecule has 0 fully saturated rings. The first-order valence-corrected chi connectivity index (χ1v) is 11.6. The molecule has 8 heteroatoms. The van der Waals surface area contributed by atoms with E-state index in [-0.39, 0.29) is 5.91 Å². The maximum atomic E-state index is 12.6. The molecule has 0 aliphatic rings. The maximum absolute atomic E-state index is 12.6. The van der Waals surface area contributed by atoms with Crippen LogP contribution in [0.4, 0.5) is 5.69 Å². The van der Waals surface area contributed by atoms with Gasteiger partial charge in [-0.25, -0.2) is 4.68 Å². The summed E-state index contributed by atoms with van der Waals surface area (Å²) in [5, 5.41) is 8.26. The molecule has 1 aromatic heterocycles. The van der Waals surface area contributed by atoms with Crippen molar-refractivity contribution in [2.45, 2.75) is 20.8 Å². The zero-order valence-electron chi connectivity index (χ0n) is 19.0. The van der Waals surface area contributed by atoms with Crippen molar-refractivity contribution in [1.29, 1.82) is 0 Å². The second-order valence-electron chi connectivity index (χ2n) is 8.31. The first-order valence-electron chi connectivity index (χ1n) is 10.8. The smallest absolute Gasteiger partial charge is 0.336 e. The molecule has 1 heterocycles. The Morgan fingerprint density at radius 3 is 2.35 bits per heavy atom. The highest BCUT2D eigenvalue weighted by Crippen LogP contribution is 2.27. The molecule has 0 unspecified atom stereocenters. The van der Waals surface area contributed by atoms with Crippen molar-refractivity contribution in [2.75, 3.05) is 11.9 Å². The minimum absolute atomic E-state index is 0.303. The zero-order valence-corrected chi connectivity index (χ0v) is 20.6. The Bertz CT molecular complexity index is 1300. The van der Waals surface area contributed by atoms with Gasteiger partial charge in [-0.1, -0.05) is 61.3 Å². The van der Waals surface area contributed by atoms with E-state index in [9.17, 15) is 4.79 Å². The van der Waals surface area contributed by atoms with Gasteiger partial charge in [0.15, 0.2) is 5.82 Å². The second-order valence-corrected chi connectivity index (χ2v) is 9.18. The lowest BCUT2D eigenvalue weighted by Crippen LogP contribution is -2.12. The molecule has 1 amide bonds. The quantitative estimate of drug-likeness (QED) is 0.305. The van der Waals surface area contributed by atoms with E-state index in [1.165, 1.54) is 0 Å². The van der Waals surface area contributed by atoms with E-state index < -0.39 is 0 Å². The minimum Gasteiger partial charge on any atom is -0.462 e. The van der Waals surface area contributed by atoms with Crippen molar-refractivity contribution in [1.82, 2.24) is 14.8 Å². The van der Waals surface area contributed by atoms with Crippen LogP contribution in [0.5, 0.6) is 6.01 Å². The number of hydrogen-bond acceptors (Lipinski definition) is 4. The molecule has 0 aliphatic heterocycles. The number of aryl methyl sites for hydroxylation is 1. The number of nitrogens with one attached hydrogen (secondary N) is 1. The fraction of sp³-hybridized carbons (Fsp3) is 0.192. The third-order valence-electron chi connectivity index (χ3n) is 5.01. The van der Waals surface area contributed by atoms with Gasteiger partial charge in [-0.05, 0) is 60.9 Å². The molecule has 3 aromatic carbocycles. The van der Waals surface area contributed by atoms with E-state index in [0.29, 0.717) is 45.7 Å². The van der Waals surface area contributed by atoms with Crippen LogP contribution in [-0.2, 0) is 0 Å². The van der Waals surface area contributed by atoms with Crippen LogP contribution in [0.15, 0.2) is 66.7 Å². The van der Waals surface area contributed by atoms with Crippen molar-refractivity contribution in [3.05, 3.63) is 87.9 Å². The van der Waals surface area contributed by atoms with Crippen LogP contribution in [-0.4, -0.2) is 27.3 Å². The molecule has 0 radical (unpaired) electrons. The number of aromatic nitrogens is 3. The largest absolute Gasteiger partial charge is 0.462 e. The second kappa shape index (κ2) is 10.3. The van der Waals surface area contributed by atoms with E-state index in [0.717, 1.165) is 16.8 Å². The average molecular weight is 495 g/mol.